The van der Waals surface area contributed by atoms with Crippen LogP contribution in [0.4, 0.5) is 0 Å². The first-order chi connectivity index (χ1) is 11.4. The summed E-state index contributed by atoms with van der Waals surface area (Å²) < 4.78 is 34.9. The number of rotatable bonds is 8. The van der Waals surface area contributed by atoms with E-state index in [1.165, 1.54) is 0 Å². The second-order valence-corrected chi connectivity index (χ2v) is 9.45. The van der Waals surface area contributed by atoms with Crippen LogP contribution in [0.25, 0.3) is 0 Å². The SMILES string of the molecule is C[C@H]1[C@@H](O)[C@@H](O)[C@H](O)C[S+]1C[C@H](O)[C@@H](OS(=O)(=O)O)[C@H](O)[C@H](O)CO. The lowest BCUT2D eigenvalue weighted by Crippen LogP contribution is -2.58. The van der Waals surface area contributed by atoms with Crippen LogP contribution in [0, 0.1) is 0 Å². The lowest BCUT2D eigenvalue weighted by Gasteiger charge is -2.35. The Hall–Kier alpha value is -0.0600. The molecule has 13 heteroatoms. The molecule has 1 unspecified atom stereocenters. The fraction of sp³-hybridized carbons (Fsp3) is 1.00. The van der Waals surface area contributed by atoms with E-state index in [0.717, 1.165) is 0 Å². The molecular weight excluding hydrogens is 384 g/mol. The van der Waals surface area contributed by atoms with Gasteiger partial charge >= 0.3 is 10.4 Å². The van der Waals surface area contributed by atoms with Crippen molar-refractivity contribution < 1.29 is 52.9 Å². The summed E-state index contributed by atoms with van der Waals surface area (Å²) in [6.07, 6.45) is -11.5. The van der Waals surface area contributed by atoms with E-state index < -0.39 is 75.9 Å². The maximum atomic E-state index is 10.9. The van der Waals surface area contributed by atoms with E-state index in [4.69, 9.17) is 9.66 Å². The van der Waals surface area contributed by atoms with Gasteiger partial charge in [-0.1, -0.05) is 0 Å². The molecule has 9 atom stereocenters. The van der Waals surface area contributed by atoms with Crippen LogP contribution < -0.4 is 0 Å². The average Bonchev–Trinajstić information content (AvgIpc) is 2.53. The highest BCUT2D eigenvalue weighted by Crippen LogP contribution is 2.25. The zero-order valence-corrected chi connectivity index (χ0v) is 15.0. The van der Waals surface area contributed by atoms with E-state index in [0.29, 0.717) is 0 Å². The lowest BCUT2D eigenvalue weighted by molar-refractivity contribution is -0.100. The molecule has 0 aliphatic carbocycles. The molecule has 0 aromatic carbocycles. The van der Waals surface area contributed by atoms with E-state index in [-0.39, 0.29) is 11.5 Å². The molecule has 1 fully saturated rings. The van der Waals surface area contributed by atoms with Crippen LogP contribution in [0.1, 0.15) is 6.92 Å². The zero-order valence-electron chi connectivity index (χ0n) is 13.4. The van der Waals surface area contributed by atoms with E-state index in [9.17, 15) is 39.1 Å². The highest BCUT2D eigenvalue weighted by Gasteiger charge is 2.49. The molecular formula is C12H25O11S2+. The fourth-order valence-electron chi connectivity index (χ4n) is 2.52. The van der Waals surface area contributed by atoms with Crippen molar-refractivity contribution in [2.45, 2.75) is 54.9 Å². The van der Waals surface area contributed by atoms with Gasteiger partial charge in [-0.3, -0.25) is 4.55 Å². The van der Waals surface area contributed by atoms with Crippen molar-refractivity contribution in [1.29, 1.82) is 0 Å². The number of hydrogen-bond donors (Lipinski definition) is 8. The van der Waals surface area contributed by atoms with E-state index in [2.05, 4.69) is 4.18 Å². The molecule has 150 valence electrons. The largest absolute Gasteiger partial charge is 0.397 e. The van der Waals surface area contributed by atoms with Gasteiger partial charge in [0.2, 0.25) is 0 Å². The third kappa shape index (κ3) is 6.25. The summed E-state index contributed by atoms with van der Waals surface area (Å²) in [6, 6.07) is 0. The van der Waals surface area contributed by atoms with Gasteiger partial charge < -0.3 is 35.7 Å². The van der Waals surface area contributed by atoms with Crippen molar-refractivity contribution >= 4 is 21.3 Å². The van der Waals surface area contributed by atoms with E-state index in [1.807, 2.05) is 0 Å². The minimum Gasteiger partial charge on any atom is -0.394 e. The Balaban J connectivity index is 2.92. The molecule has 0 aromatic rings. The van der Waals surface area contributed by atoms with E-state index in [1.54, 1.807) is 6.92 Å². The van der Waals surface area contributed by atoms with Gasteiger partial charge in [-0.2, -0.15) is 8.42 Å². The van der Waals surface area contributed by atoms with Gasteiger partial charge in [0.05, 0.1) is 6.61 Å². The summed E-state index contributed by atoms with van der Waals surface area (Å²) in [5.41, 5.74) is 0. The lowest BCUT2D eigenvalue weighted by atomic mass is 10.0. The molecule has 0 aromatic heterocycles. The van der Waals surface area contributed by atoms with Crippen molar-refractivity contribution in [3.63, 3.8) is 0 Å². The second-order valence-electron chi connectivity index (χ2n) is 5.92. The summed E-state index contributed by atoms with van der Waals surface area (Å²) in [4.78, 5) is 0. The van der Waals surface area contributed by atoms with Crippen LogP contribution >= 0.6 is 0 Å². The van der Waals surface area contributed by atoms with E-state index >= 15 is 0 Å². The molecule has 0 radical (unpaired) electrons. The fourth-order valence-corrected chi connectivity index (χ4v) is 5.61. The molecule has 25 heavy (non-hydrogen) atoms. The Morgan fingerprint density at radius 1 is 1.12 bits per heavy atom. The van der Waals surface area contributed by atoms with Crippen molar-refractivity contribution in [2.24, 2.45) is 0 Å². The molecule has 1 heterocycles. The summed E-state index contributed by atoms with van der Waals surface area (Å²) in [5, 5.41) is 67.0. The topological polar surface area (TPSA) is 205 Å². The standard InChI is InChI=1S/C12H24O11S2/c1-5-9(17)10(18)7(15)3-24(5)4-8(16)12(23-25(20,21)22)11(19)6(14)2-13/h5-19H,2-4H2,1H3/p+1/t5-,6+,7+,8-,9+,10-,11+,12+,24?/m0/s1. The Labute approximate surface area is 147 Å². The van der Waals surface area contributed by atoms with Crippen molar-refractivity contribution in [2.75, 3.05) is 18.1 Å². The molecule has 1 aliphatic heterocycles. The summed E-state index contributed by atoms with van der Waals surface area (Å²) in [6.45, 7) is 0.609. The monoisotopic (exact) mass is 409 g/mol. The Bertz CT molecular complexity index is 515. The quantitative estimate of drug-likeness (QED) is 0.141. The first-order valence-electron chi connectivity index (χ1n) is 7.40. The third-order valence-electron chi connectivity index (χ3n) is 4.05. The highest BCUT2D eigenvalue weighted by molar-refractivity contribution is 7.97. The van der Waals surface area contributed by atoms with Crippen LogP contribution in [-0.4, -0.2) is 115 Å². The minimum absolute atomic E-state index is 0.00764. The predicted molar refractivity (Wildman–Crippen MR) is 86.1 cm³/mol. The molecule has 0 saturated carbocycles. The molecule has 11 nitrogen and oxygen atoms in total. The highest BCUT2D eigenvalue weighted by atomic mass is 32.3. The molecule has 1 rings (SSSR count). The summed E-state index contributed by atoms with van der Waals surface area (Å²) in [5.74, 6) is -0.245. The Kier molecular flexibility index (Phi) is 8.49. The Morgan fingerprint density at radius 3 is 2.16 bits per heavy atom. The average molecular weight is 409 g/mol. The Morgan fingerprint density at radius 2 is 1.68 bits per heavy atom. The van der Waals surface area contributed by atoms with Crippen molar-refractivity contribution in [3.8, 4) is 0 Å². The molecule has 8 N–H and O–H groups in total. The van der Waals surface area contributed by atoms with Crippen LogP contribution in [-0.2, 0) is 25.5 Å². The zero-order chi connectivity index (χ0) is 19.5. The third-order valence-corrected chi connectivity index (χ3v) is 7.39. The van der Waals surface area contributed by atoms with Gasteiger partial charge in [0.25, 0.3) is 0 Å². The van der Waals surface area contributed by atoms with Crippen LogP contribution in [0.5, 0.6) is 0 Å². The molecule has 1 aliphatic rings. The predicted octanol–water partition coefficient (Wildman–Crippen LogP) is -4.65. The normalized spacial score (nSPS) is 35.8. The smallest absolute Gasteiger partial charge is 0.394 e. The number of aliphatic hydroxyl groups excluding tert-OH is 7. The van der Waals surface area contributed by atoms with Crippen LogP contribution in [0.3, 0.4) is 0 Å². The van der Waals surface area contributed by atoms with Gasteiger partial charge in [-0.15, -0.1) is 0 Å². The number of aliphatic hydroxyl groups is 7. The molecule has 0 bridgehead atoms. The van der Waals surface area contributed by atoms with Crippen molar-refractivity contribution in [3.05, 3.63) is 0 Å². The second kappa shape index (κ2) is 9.23. The van der Waals surface area contributed by atoms with Crippen molar-refractivity contribution in [1.82, 2.24) is 0 Å². The number of hydrogen-bond acceptors (Lipinski definition) is 10. The van der Waals surface area contributed by atoms with Gasteiger partial charge in [0, 0.05) is 0 Å². The first-order valence-corrected chi connectivity index (χ1v) is 10.4. The molecule has 1 saturated heterocycles. The molecule has 0 amide bonds. The van der Waals surface area contributed by atoms with Gasteiger partial charge in [-0.25, -0.2) is 4.18 Å². The first kappa shape index (κ1) is 23.0. The molecule has 0 spiro atoms. The van der Waals surface area contributed by atoms with Crippen LogP contribution in [0.15, 0.2) is 0 Å². The van der Waals surface area contributed by atoms with Gasteiger partial charge in [0.1, 0.15) is 59.5 Å². The minimum atomic E-state index is -5.09. The summed E-state index contributed by atoms with van der Waals surface area (Å²) >= 11 is 0. The maximum Gasteiger partial charge on any atom is 0.397 e. The van der Waals surface area contributed by atoms with Crippen LogP contribution in [0.2, 0.25) is 0 Å². The van der Waals surface area contributed by atoms with Gasteiger partial charge in [-0.05, 0) is 17.8 Å². The summed E-state index contributed by atoms with van der Waals surface area (Å²) in [7, 11) is -5.99. The maximum absolute atomic E-state index is 10.9. The van der Waals surface area contributed by atoms with Gasteiger partial charge in [0.15, 0.2) is 0 Å².